The average molecular weight is 240 g/mol. The highest BCUT2D eigenvalue weighted by molar-refractivity contribution is 5.68. The van der Waals surface area contributed by atoms with Crippen molar-refractivity contribution in [1.29, 1.82) is 0 Å². The molecule has 0 amide bonds. The van der Waals surface area contributed by atoms with Crippen molar-refractivity contribution < 1.29 is 18.7 Å². The van der Waals surface area contributed by atoms with E-state index >= 15 is 0 Å². The second-order valence-corrected chi connectivity index (χ2v) is 4.66. The molecule has 0 bridgehead atoms. The van der Waals surface area contributed by atoms with Crippen molar-refractivity contribution in [3.05, 3.63) is 34.9 Å². The second-order valence-electron chi connectivity index (χ2n) is 4.66. The number of aliphatic carboxylic acids is 1. The molecule has 0 aliphatic heterocycles. The van der Waals surface area contributed by atoms with Crippen LogP contribution in [-0.2, 0) is 4.79 Å². The van der Waals surface area contributed by atoms with Gasteiger partial charge in [0.25, 0.3) is 0 Å². The van der Waals surface area contributed by atoms with E-state index in [-0.39, 0.29) is 23.5 Å². The normalized spacial score (nSPS) is 16.9. The lowest BCUT2D eigenvalue weighted by Gasteiger charge is -2.16. The summed E-state index contributed by atoms with van der Waals surface area (Å²) in [6.45, 7) is 1.49. The van der Waals surface area contributed by atoms with Crippen molar-refractivity contribution in [2.45, 2.75) is 32.1 Å². The predicted octanol–water partition coefficient (Wildman–Crippen LogP) is 3.24. The Labute approximate surface area is 98.3 Å². The minimum Gasteiger partial charge on any atom is -0.481 e. The van der Waals surface area contributed by atoms with Gasteiger partial charge in [-0.15, -0.1) is 0 Å². The molecule has 1 aromatic carbocycles. The zero-order valence-corrected chi connectivity index (χ0v) is 9.54. The van der Waals surface area contributed by atoms with Crippen LogP contribution in [0.3, 0.4) is 0 Å². The van der Waals surface area contributed by atoms with Gasteiger partial charge in [-0.1, -0.05) is 0 Å². The molecular weight excluding hydrogens is 226 g/mol. The van der Waals surface area contributed by atoms with Crippen LogP contribution in [0.2, 0.25) is 0 Å². The van der Waals surface area contributed by atoms with E-state index in [0.717, 1.165) is 25.0 Å². The van der Waals surface area contributed by atoms with Gasteiger partial charge in [0.15, 0.2) is 0 Å². The van der Waals surface area contributed by atoms with Crippen molar-refractivity contribution in [1.82, 2.24) is 0 Å². The Morgan fingerprint density at radius 2 is 2.06 bits per heavy atom. The minimum absolute atomic E-state index is 0.135. The van der Waals surface area contributed by atoms with Crippen molar-refractivity contribution in [2.75, 3.05) is 0 Å². The second kappa shape index (κ2) is 4.43. The average Bonchev–Trinajstić information content (AvgIpc) is 3.04. The number of benzene rings is 1. The molecule has 0 radical (unpaired) electrons. The van der Waals surface area contributed by atoms with Crippen LogP contribution in [0.1, 0.15) is 36.3 Å². The molecule has 1 N–H and O–H groups in total. The minimum atomic E-state index is -0.970. The Balaban J connectivity index is 2.35. The van der Waals surface area contributed by atoms with E-state index in [1.165, 1.54) is 6.92 Å². The summed E-state index contributed by atoms with van der Waals surface area (Å²) >= 11 is 0. The molecule has 17 heavy (non-hydrogen) atoms. The maximum absolute atomic E-state index is 13.8. The molecule has 1 saturated carbocycles. The molecular formula is C13H14F2O2. The van der Waals surface area contributed by atoms with Gasteiger partial charge < -0.3 is 5.11 Å². The summed E-state index contributed by atoms with van der Waals surface area (Å²) < 4.78 is 27.2. The molecule has 1 fully saturated rings. The van der Waals surface area contributed by atoms with Crippen molar-refractivity contribution in [3.63, 3.8) is 0 Å². The molecule has 0 saturated heterocycles. The molecule has 92 valence electrons. The van der Waals surface area contributed by atoms with Gasteiger partial charge >= 0.3 is 5.97 Å². The van der Waals surface area contributed by atoms with Gasteiger partial charge in [-0.25, -0.2) is 8.78 Å². The monoisotopic (exact) mass is 240 g/mol. The Bertz CT molecular complexity index is 453. The highest BCUT2D eigenvalue weighted by atomic mass is 19.1. The summed E-state index contributed by atoms with van der Waals surface area (Å²) in [5.74, 6) is -2.16. The summed E-state index contributed by atoms with van der Waals surface area (Å²) in [5, 5.41) is 8.82. The molecule has 1 aromatic rings. The molecule has 0 spiro atoms. The quantitative estimate of drug-likeness (QED) is 0.877. The predicted molar refractivity (Wildman–Crippen MR) is 58.8 cm³/mol. The molecule has 1 aliphatic carbocycles. The lowest BCUT2D eigenvalue weighted by atomic mass is 9.90. The highest BCUT2D eigenvalue weighted by Crippen LogP contribution is 2.45. The number of carboxylic acid groups (broad SMARTS) is 1. The van der Waals surface area contributed by atoms with E-state index < -0.39 is 23.5 Å². The molecule has 1 unspecified atom stereocenters. The zero-order valence-electron chi connectivity index (χ0n) is 9.54. The molecule has 1 atom stereocenters. The SMILES string of the molecule is Cc1cc(F)c(C(CC(=O)O)C2CC2)cc1F. The smallest absolute Gasteiger partial charge is 0.303 e. The van der Waals surface area contributed by atoms with Gasteiger partial charge in [-0.3, -0.25) is 4.79 Å². The Hall–Kier alpha value is -1.45. The van der Waals surface area contributed by atoms with E-state index in [4.69, 9.17) is 5.11 Å². The number of carbonyl (C=O) groups is 1. The van der Waals surface area contributed by atoms with Crippen molar-refractivity contribution >= 4 is 5.97 Å². The number of rotatable bonds is 4. The first-order chi connectivity index (χ1) is 7.99. The Morgan fingerprint density at radius 3 is 2.59 bits per heavy atom. The summed E-state index contributed by atoms with van der Waals surface area (Å²) in [6.07, 6.45) is 1.66. The molecule has 4 heteroatoms. The van der Waals surface area contributed by atoms with Crippen LogP contribution >= 0.6 is 0 Å². The first-order valence-corrected chi connectivity index (χ1v) is 5.66. The number of hydrogen-bond acceptors (Lipinski definition) is 1. The summed E-state index contributed by atoms with van der Waals surface area (Å²) in [5.41, 5.74) is 0.453. The van der Waals surface area contributed by atoms with Crippen LogP contribution in [0, 0.1) is 24.5 Å². The van der Waals surface area contributed by atoms with Crippen LogP contribution in [0.15, 0.2) is 12.1 Å². The van der Waals surface area contributed by atoms with Gasteiger partial charge in [0, 0.05) is 5.92 Å². The number of halogens is 2. The molecule has 2 rings (SSSR count). The van der Waals surface area contributed by atoms with Crippen LogP contribution < -0.4 is 0 Å². The lowest BCUT2D eigenvalue weighted by Crippen LogP contribution is -2.11. The standard InChI is InChI=1S/C13H14F2O2/c1-7-4-12(15)10(5-11(7)14)9(6-13(16)17)8-2-3-8/h4-5,8-9H,2-3,6H2,1H3,(H,16,17). The fourth-order valence-electron chi connectivity index (χ4n) is 2.16. The van der Waals surface area contributed by atoms with Crippen LogP contribution in [0.5, 0.6) is 0 Å². The number of carboxylic acids is 1. The lowest BCUT2D eigenvalue weighted by molar-refractivity contribution is -0.137. The molecule has 0 heterocycles. The summed E-state index contributed by atoms with van der Waals surface area (Å²) in [4.78, 5) is 10.8. The maximum atomic E-state index is 13.8. The van der Waals surface area contributed by atoms with Gasteiger partial charge in [0.2, 0.25) is 0 Å². The van der Waals surface area contributed by atoms with E-state index in [0.29, 0.717) is 0 Å². The Morgan fingerprint density at radius 1 is 1.41 bits per heavy atom. The zero-order chi connectivity index (χ0) is 12.6. The largest absolute Gasteiger partial charge is 0.481 e. The van der Waals surface area contributed by atoms with Crippen LogP contribution in [-0.4, -0.2) is 11.1 Å². The van der Waals surface area contributed by atoms with Crippen molar-refractivity contribution in [3.8, 4) is 0 Å². The van der Waals surface area contributed by atoms with Gasteiger partial charge in [-0.2, -0.15) is 0 Å². The fraction of sp³-hybridized carbons (Fsp3) is 0.462. The van der Waals surface area contributed by atoms with Gasteiger partial charge in [-0.05, 0) is 48.9 Å². The highest BCUT2D eigenvalue weighted by Gasteiger charge is 2.35. The van der Waals surface area contributed by atoms with Gasteiger partial charge in [0.1, 0.15) is 11.6 Å². The maximum Gasteiger partial charge on any atom is 0.303 e. The molecule has 0 aromatic heterocycles. The number of hydrogen-bond donors (Lipinski definition) is 1. The topological polar surface area (TPSA) is 37.3 Å². The van der Waals surface area contributed by atoms with E-state index in [9.17, 15) is 13.6 Å². The third-order valence-corrected chi connectivity index (χ3v) is 3.26. The van der Waals surface area contributed by atoms with Crippen molar-refractivity contribution in [2.24, 2.45) is 5.92 Å². The number of aryl methyl sites for hydroxylation is 1. The van der Waals surface area contributed by atoms with Gasteiger partial charge in [0.05, 0.1) is 6.42 Å². The fourth-order valence-corrected chi connectivity index (χ4v) is 2.16. The first-order valence-electron chi connectivity index (χ1n) is 5.66. The van der Waals surface area contributed by atoms with Crippen LogP contribution in [0.25, 0.3) is 0 Å². The van der Waals surface area contributed by atoms with E-state index in [1.807, 2.05) is 0 Å². The first kappa shape index (κ1) is 12.0. The van der Waals surface area contributed by atoms with Crippen LogP contribution in [0.4, 0.5) is 8.78 Å². The third-order valence-electron chi connectivity index (χ3n) is 3.26. The van der Waals surface area contributed by atoms with E-state index in [2.05, 4.69) is 0 Å². The summed E-state index contributed by atoms with van der Waals surface area (Å²) in [7, 11) is 0. The van der Waals surface area contributed by atoms with E-state index in [1.54, 1.807) is 0 Å². The molecule has 2 nitrogen and oxygen atoms in total. The molecule has 1 aliphatic rings. The summed E-state index contributed by atoms with van der Waals surface area (Å²) in [6, 6.07) is 2.29. The third kappa shape index (κ3) is 2.62. The Kier molecular flexibility index (Phi) is 3.13.